The van der Waals surface area contributed by atoms with Gasteiger partial charge in [-0.1, -0.05) is 54.1 Å². The number of anilines is 1. The van der Waals surface area contributed by atoms with Crippen molar-refractivity contribution in [1.29, 1.82) is 0 Å². The minimum atomic E-state index is -1.47. The Morgan fingerprint density at radius 1 is 1.16 bits per heavy atom. The molecule has 1 amide bonds. The minimum Gasteiger partial charge on any atom is -0.493 e. The Labute approximate surface area is 184 Å². The molecule has 1 N–H and O–H groups in total. The second kappa shape index (κ2) is 6.49. The monoisotopic (exact) mass is 431 g/mol. The van der Waals surface area contributed by atoms with Gasteiger partial charge in [-0.05, 0) is 29.8 Å². The average Bonchev–Trinajstić information content (AvgIpc) is 3.36. The maximum atomic E-state index is 13.5. The van der Waals surface area contributed by atoms with Gasteiger partial charge in [-0.15, -0.1) is 0 Å². The van der Waals surface area contributed by atoms with Gasteiger partial charge in [0.15, 0.2) is 11.5 Å². The lowest BCUT2D eigenvalue weighted by Gasteiger charge is -2.44. The lowest BCUT2D eigenvalue weighted by atomic mass is 9.92. The summed E-state index contributed by atoms with van der Waals surface area (Å²) in [6, 6.07) is 20.9. The van der Waals surface area contributed by atoms with E-state index in [9.17, 15) is 4.79 Å². The zero-order chi connectivity index (χ0) is 21.2. The van der Waals surface area contributed by atoms with Crippen molar-refractivity contribution >= 4 is 28.9 Å². The third-order valence-electron chi connectivity index (χ3n) is 6.08. The first-order chi connectivity index (χ1) is 15.1. The van der Waals surface area contributed by atoms with Crippen molar-refractivity contribution in [1.82, 2.24) is 5.01 Å². The van der Waals surface area contributed by atoms with Crippen LogP contribution in [-0.4, -0.2) is 23.7 Å². The first-order valence-corrected chi connectivity index (χ1v) is 10.4. The Morgan fingerprint density at radius 2 is 2.00 bits per heavy atom. The largest absolute Gasteiger partial charge is 0.493 e. The van der Waals surface area contributed by atoms with Crippen molar-refractivity contribution in [2.24, 2.45) is 5.10 Å². The van der Waals surface area contributed by atoms with Crippen LogP contribution in [0.2, 0.25) is 5.02 Å². The molecule has 0 saturated heterocycles. The van der Waals surface area contributed by atoms with Gasteiger partial charge in [0.1, 0.15) is 0 Å². The highest BCUT2D eigenvalue weighted by molar-refractivity contribution is 6.31. The zero-order valence-corrected chi connectivity index (χ0v) is 17.4. The number of hydrogen-bond donors (Lipinski definition) is 1. The predicted molar refractivity (Wildman–Crippen MR) is 118 cm³/mol. The zero-order valence-electron chi connectivity index (χ0n) is 16.6. The van der Waals surface area contributed by atoms with Gasteiger partial charge >= 0.3 is 5.72 Å². The number of carbonyl (C=O) groups is 1. The molecule has 1 spiro atoms. The highest BCUT2D eigenvalue weighted by Crippen LogP contribution is 2.56. The van der Waals surface area contributed by atoms with Crippen LogP contribution in [0.15, 0.2) is 71.8 Å². The lowest BCUT2D eigenvalue weighted by Crippen LogP contribution is -2.55. The van der Waals surface area contributed by atoms with Crippen LogP contribution in [-0.2, 0) is 10.5 Å². The van der Waals surface area contributed by atoms with Gasteiger partial charge in [0.2, 0.25) is 0 Å². The van der Waals surface area contributed by atoms with Crippen molar-refractivity contribution < 1.29 is 14.3 Å². The van der Waals surface area contributed by atoms with E-state index < -0.39 is 5.72 Å². The molecule has 3 aliphatic heterocycles. The Hall–Kier alpha value is -3.51. The molecule has 154 valence electrons. The van der Waals surface area contributed by atoms with Gasteiger partial charge in [0.25, 0.3) is 5.91 Å². The Balaban J connectivity index is 1.61. The molecule has 2 unspecified atom stereocenters. The summed E-state index contributed by atoms with van der Waals surface area (Å²) in [6.07, 6.45) is 0.637. The van der Waals surface area contributed by atoms with Gasteiger partial charge in [-0.2, -0.15) is 5.10 Å². The first kappa shape index (κ1) is 18.3. The van der Waals surface area contributed by atoms with E-state index in [4.69, 9.17) is 26.2 Å². The summed E-state index contributed by atoms with van der Waals surface area (Å²) in [5.74, 6) is 0.830. The summed E-state index contributed by atoms with van der Waals surface area (Å²) in [4.78, 5) is 13.5. The lowest BCUT2D eigenvalue weighted by molar-refractivity contribution is -0.161. The number of methoxy groups -OCH3 is 1. The summed E-state index contributed by atoms with van der Waals surface area (Å²) >= 11 is 6.33. The maximum Gasteiger partial charge on any atom is 0.306 e. The minimum absolute atomic E-state index is 0.190. The molecule has 2 atom stereocenters. The van der Waals surface area contributed by atoms with Crippen molar-refractivity contribution in [3.8, 4) is 11.5 Å². The van der Waals surface area contributed by atoms with Crippen molar-refractivity contribution in [3.63, 3.8) is 0 Å². The molecular weight excluding hydrogens is 414 g/mol. The number of benzene rings is 3. The fourth-order valence-corrected chi connectivity index (χ4v) is 4.84. The number of hydrogen-bond acceptors (Lipinski definition) is 5. The third kappa shape index (κ3) is 2.45. The van der Waals surface area contributed by atoms with Crippen molar-refractivity contribution in [3.05, 3.63) is 88.4 Å². The Bertz CT molecular complexity index is 1260. The van der Waals surface area contributed by atoms with Crippen LogP contribution in [0.4, 0.5) is 5.69 Å². The number of carbonyl (C=O) groups excluding carboxylic acids is 1. The molecule has 3 aliphatic rings. The molecule has 3 aromatic rings. The first-order valence-electron chi connectivity index (χ1n) is 10.0. The smallest absolute Gasteiger partial charge is 0.306 e. The highest BCUT2D eigenvalue weighted by Gasteiger charge is 2.61. The molecule has 0 saturated carbocycles. The number of nitrogens with one attached hydrogen (secondary N) is 1. The van der Waals surface area contributed by atoms with Crippen LogP contribution in [0.1, 0.15) is 29.2 Å². The van der Waals surface area contributed by atoms with Crippen molar-refractivity contribution in [2.75, 3.05) is 12.4 Å². The second-order valence-electron chi connectivity index (χ2n) is 7.75. The van der Waals surface area contributed by atoms with Gasteiger partial charge in [0.05, 0.1) is 30.1 Å². The van der Waals surface area contributed by atoms with E-state index in [2.05, 4.69) is 5.32 Å². The fraction of sp³-hybridized carbons (Fsp3) is 0.167. The van der Waals surface area contributed by atoms with E-state index in [1.54, 1.807) is 30.3 Å². The number of amides is 1. The van der Waals surface area contributed by atoms with E-state index in [0.29, 0.717) is 34.2 Å². The quantitative estimate of drug-likeness (QED) is 0.639. The Morgan fingerprint density at radius 3 is 2.81 bits per heavy atom. The normalized spacial score (nSPS) is 22.9. The van der Waals surface area contributed by atoms with Gasteiger partial charge in [0, 0.05) is 17.0 Å². The standard InChI is InChI=1S/C24H18ClN3O3/c1-30-21-9-5-8-16-20-13-19(14-6-3-2-4-7-14)27-28(20)24(31-22(16)21)17-12-15(25)10-11-18(17)26-23(24)29/h2-12,20H,13H2,1H3,(H,26,29). The molecule has 6 nitrogen and oxygen atoms in total. The molecular formula is C24H18ClN3O3. The molecule has 6 rings (SSSR count). The van der Waals surface area contributed by atoms with Crippen LogP contribution < -0.4 is 14.8 Å². The van der Waals surface area contributed by atoms with Crippen LogP contribution in [0, 0.1) is 0 Å². The number of ether oxygens (including phenoxy) is 2. The summed E-state index contributed by atoms with van der Waals surface area (Å²) in [5.41, 5.74) is 2.68. The molecule has 3 heterocycles. The topological polar surface area (TPSA) is 63.2 Å². The number of rotatable bonds is 2. The van der Waals surface area contributed by atoms with E-state index >= 15 is 0 Å². The van der Waals surface area contributed by atoms with E-state index in [-0.39, 0.29) is 11.9 Å². The molecule has 0 radical (unpaired) electrons. The van der Waals surface area contributed by atoms with Gasteiger partial charge in [-0.25, -0.2) is 5.01 Å². The number of hydrazone groups is 1. The molecule has 0 bridgehead atoms. The maximum absolute atomic E-state index is 13.5. The van der Waals surface area contributed by atoms with Crippen LogP contribution in [0.25, 0.3) is 0 Å². The van der Waals surface area contributed by atoms with E-state index in [1.807, 2.05) is 48.5 Å². The second-order valence-corrected chi connectivity index (χ2v) is 8.18. The number of nitrogens with zero attached hydrogens (tertiary/aromatic N) is 2. The predicted octanol–water partition coefficient (Wildman–Crippen LogP) is 4.70. The van der Waals surface area contributed by atoms with E-state index in [0.717, 1.165) is 16.8 Å². The average molecular weight is 432 g/mol. The molecule has 0 aromatic heterocycles. The molecule has 0 aliphatic carbocycles. The highest BCUT2D eigenvalue weighted by atomic mass is 35.5. The summed E-state index contributed by atoms with van der Waals surface area (Å²) in [6.45, 7) is 0. The van der Waals surface area contributed by atoms with Crippen LogP contribution in [0.3, 0.4) is 0 Å². The fourth-order valence-electron chi connectivity index (χ4n) is 4.67. The summed E-state index contributed by atoms with van der Waals surface area (Å²) in [5, 5.41) is 10.2. The number of fused-ring (bicyclic) bond motifs is 6. The van der Waals surface area contributed by atoms with Crippen LogP contribution in [0.5, 0.6) is 11.5 Å². The van der Waals surface area contributed by atoms with Crippen molar-refractivity contribution in [2.45, 2.75) is 18.2 Å². The summed E-state index contributed by atoms with van der Waals surface area (Å²) < 4.78 is 12.1. The molecule has 7 heteroatoms. The number of para-hydroxylation sites is 1. The van der Waals surface area contributed by atoms with Crippen LogP contribution >= 0.6 is 11.6 Å². The van der Waals surface area contributed by atoms with Gasteiger partial charge in [-0.3, -0.25) is 4.79 Å². The Kier molecular flexibility index (Phi) is 3.83. The summed E-state index contributed by atoms with van der Waals surface area (Å²) in [7, 11) is 1.60. The van der Waals surface area contributed by atoms with E-state index in [1.165, 1.54) is 0 Å². The SMILES string of the molecule is COc1cccc2c1OC1(C(=O)Nc3ccc(Cl)cc31)N1N=C(c3ccccc3)CC21. The van der Waals surface area contributed by atoms with Gasteiger partial charge < -0.3 is 14.8 Å². The molecule has 0 fully saturated rings. The molecule has 3 aromatic carbocycles. The third-order valence-corrected chi connectivity index (χ3v) is 6.32. The molecule has 31 heavy (non-hydrogen) atoms. The number of halogens is 1.